The van der Waals surface area contributed by atoms with E-state index in [9.17, 15) is 29.2 Å². The zero-order chi connectivity index (χ0) is 33.6. The summed E-state index contributed by atoms with van der Waals surface area (Å²) in [6, 6.07) is 0. The van der Waals surface area contributed by atoms with Crippen LogP contribution in [0.2, 0.25) is 0 Å². The number of hydrogen-bond donors (Lipinski definition) is 4. The molecule has 0 fully saturated rings. The molecule has 1 unspecified atom stereocenters. The normalized spacial score (nSPS) is 24.2. The van der Waals surface area contributed by atoms with E-state index in [1.807, 2.05) is 25.2 Å². The van der Waals surface area contributed by atoms with E-state index < -0.39 is 44.2 Å². The lowest BCUT2D eigenvalue weighted by atomic mass is 9.66. The quantitative estimate of drug-likeness (QED) is 0.0845. The molecule has 7 atom stereocenters. The lowest BCUT2D eigenvalue weighted by Crippen LogP contribution is -2.42. The molecular weight excluding hydrogens is 607 g/mol. The Hall–Kier alpha value is -2.57. The second kappa shape index (κ2) is 19.2. The second-order valence-electron chi connectivity index (χ2n) is 11.6. The molecular formula is C31H51N2O11P. The molecule has 4 N–H and O–H groups in total. The fraction of sp³-hybridized carbons (Fsp3) is 0.742. The maximum atomic E-state index is 12.9. The first kappa shape index (κ1) is 38.6. The lowest BCUT2D eigenvalue weighted by Gasteiger charge is -2.42. The summed E-state index contributed by atoms with van der Waals surface area (Å²) in [5.74, 6) is -2.28. The van der Waals surface area contributed by atoms with E-state index in [0.717, 1.165) is 5.57 Å². The van der Waals surface area contributed by atoms with Crippen LogP contribution in [0.1, 0.15) is 73.1 Å². The average Bonchev–Trinajstić information content (AvgIpc) is 2.96. The van der Waals surface area contributed by atoms with Gasteiger partial charge in [-0.1, -0.05) is 38.1 Å². The number of carboxylic acid groups (broad SMARTS) is 1. The van der Waals surface area contributed by atoms with Crippen molar-refractivity contribution < 1.29 is 52.9 Å². The molecule has 13 nitrogen and oxygen atoms in total. The van der Waals surface area contributed by atoms with Crippen LogP contribution in [-0.2, 0) is 37.6 Å². The first-order chi connectivity index (χ1) is 21.3. The Morgan fingerprint density at radius 2 is 1.82 bits per heavy atom. The van der Waals surface area contributed by atoms with Crippen LogP contribution in [0.15, 0.2) is 29.0 Å². The van der Waals surface area contributed by atoms with Gasteiger partial charge in [-0.3, -0.25) is 18.9 Å². The highest BCUT2D eigenvalue weighted by Crippen LogP contribution is 2.47. The fourth-order valence-electron chi connectivity index (χ4n) is 5.58. The summed E-state index contributed by atoms with van der Waals surface area (Å²) >= 11 is 0. The first-order valence-electron chi connectivity index (χ1n) is 15.8. The molecule has 14 heteroatoms. The molecule has 2 rings (SSSR count). The van der Waals surface area contributed by atoms with Gasteiger partial charge in [0, 0.05) is 18.9 Å². The van der Waals surface area contributed by atoms with Crippen molar-refractivity contribution in [3.8, 4) is 0 Å². The van der Waals surface area contributed by atoms with Crippen molar-refractivity contribution in [3.63, 3.8) is 0 Å². The van der Waals surface area contributed by atoms with Crippen molar-refractivity contribution >= 4 is 31.2 Å². The number of rotatable bonds is 20. The van der Waals surface area contributed by atoms with E-state index in [-0.39, 0.29) is 75.0 Å². The van der Waals surface area contributed by atoms with Crippen molar-refractivity contribution in [3.05, 3.63) is 23.8 Å². The molecule has 0 spiro atoms. The maximum absolute atomic E-state index is 12.9. The summed E-state index contributed by atoms with van der Waals surface area (Å²) in [5, 5.41) is 36.1. The Labute approximate surface area is 265 Å². The topological polar surface area (TPSA) is 190 Å². The summed E-state index contributed by atoms with van der Waals surface area (Å²) in [4.78, 5) is 41.4. The number of aliphatic carboxylic acids is 1. The third-order valence-electron chi connectivity index (χ3n) is 8.06. The minimum atomic E-state index is -3.28. The number of amides is 1. The highest BCUT2D eigenvalue weighted by molar-refractivity contribution is 7.53. The van der Waals surface area contributed by atoms with Crippen LogP contribution in [0, 0.1) is 23.7 Å². The predicted molar refractivity (Wildman–Crippen MR) is 168 cm³/mol. The predicted octanol–water partition coefficient (Wildman–Crippen LogP) is 3.83. The highest BCUT2D eigenvalue weighted by Gasteiger charge is 2.42. The number of nitrogens with zero attached hydrogens (tertiary/aromatic N) is 1. The average molecular weight is 659 g/mol. The van der Waals surface area contributed by atoms with Crippen LogP contribution in [0.5, 0.6) is 0 Å². The fourth-order valence-corrected chi connectivity index (χ4v) is 7.09. The molecule has 0 aromatic heterocycles. The van der Waals surface area contributed by atoms with Crippen LogP contribution >= 0.6 is 7.60 Å². The Kier molecular flexibility index (Phi) is 16.5. The van der Waals surface area contributed by atoms with Crippen molar-refractivity contribution in [1.29, 1.82) is 0 Å². The number of carboxylic acids is 1. The Bertz CT molecular complexity index is 1110. The van der Waals surface area contributed by atoms with Gasteiger partial charge in [0.05, 0.1) is 49.6 Å². The Morgan fingerprint density at radius 1 is 1.13 bits per heavy atom. The first-order valence-corrected chi connectivity index (χ1v) is 17.6. The largest absolute Gasteiger partial charge is 0.481 e. The summed E-state index contributed by atoms with van der Waals surface area (Å²) in [6.45, 7) is 9.36. The maximum Gasteiger partial charge on any atom is 0.332 e. The molecule has 0 aromatic rings. The number of ether oxygens (including phenoxy) is 1. The molecule has 2 aliphatic rings. The number of aliphatic hydroxyl groups excluding tert-OH is 2. The van der Waals surface area contributed by atoms with Crippen molar-refractivity contribution in [1.82, 2.24) is 5.32 Å². The van der Waals surface area contributed by atoms with Gasteiger partial charge in [0.2, 0.25) is 0 Å². The van der Waals surface area contributed by atoms with Crippen molar-refractivity contribution in [2.45, 2.75) is 91.5 Å². The minimum Gasteiger partial charge on any atom is -0.481 e. The lowest BCUT2D eigenvalue weighted by molar-refractivity contribution is -0.157. The molecule has 2 aliphatic carbocycles. The molecule has 1 amide bonds. The summed E-state index contributed by atoms with van der Waals surface area (Å²) in [7, 11) is -3.28. The van der Waals surface area contributed by atoms with Crippen molar-refractivity contribution in [2.24, 2.45) is 28.8 Å². The van der Waals surface area contributed by atoms with Crippen molar-refractivity contribution in [2.75, 3.05) is 32.5 Å². The van der Waals surface area contributed by atoms with Gasteiger partial charge in [-0.05, 0) is 63.0 Å². The molecule has 0 aromatic carbocycles. The monoisotopic (exact) mass is 658 g/mol. The van der Waals surface area contributed by atoms with Crippen LogP contribution < -0.4 is 5.32 Å². The summed E-state index contributed by atoms with van der Waals surface area (Å²) < 4.78 is 29.0. The van der Waals surface area contributed by atoms with Gasteiger partial charge in [0.15, 0.2) is 6.61 Å². The number of nitrogens with one attached hydrogen (secondary N) is 1. The van der Waals surface area contributed by atoms with E-state index in [1.54, 1.807) is 20.8 Å². The highest BCUT2D eigenvalue weighted by atomic mass is 31.2. The molecule has 45 heavy (non-hydrogen) atoms. The van der Waals surface area contributed by atoms with Crippen LogP contribution in [0.25, 0.3) is 0 Å². The van der Waals surface area contributed by atoms with E-state index in [1.165, 1.54) is 0 Å². The van der Waals surface area contributed by atoms with Crippen LogP contribution in [-0.4, -0.2) is 89.7 Å². The van der Waals surface area contributed by atoms with Gasteiger partial charge in [-0.25, -0.2) is 0 Å². The van der Waals surface area contributed by atoms with Gasteiger partial charge < -0.3 is 39.3 Å². The van der Waals surface area contributed by atoms with E-state index in [2.05, 4.69) is 17.4 Å². The number of oxime groups is 1. The third kappa shape index (κ3) is 13.0. The van der Waals surface area contributed by atoms with E-state index in [4.69, 9.17) is 23.7 Å². The van der Waals surface area contributed by atoms with Gasteiger partial charge in [0.1, 0.15) is 6.10 Å². The number of allylic oxidation sites excluding steroid dienone is 3. The zero-order valence-corrected chi connectivity index (χ0v) is 27.9. The van der Waals surface area contributed by atoms with Gasteiger partial charge in [-0.15, -0.1) is 0 Å². The van der Waals surface area contributed by atoms with E-state index >= 15 is 0 Å². The smallest absolute Gasteiger partial charge is 0.332 e. The Balaban J connectivity index is 2.12. The number of carbonyl (C=O) groups excluding carboxylic acids is 2. The molecule has 0 aliphatic heterocycles. The number of fused-ring (bicyclic) bond motifs is 1. The van der Waals surface area contributed by atoms with Gasteiger partial charge >= 0.3 is 19.5 Å². The molecule has 0 saturated carbocycles. The van der Waals surface area contributed by atoms with Gasteiger partial charge in [-0.2, -0.15) is 0 Å². The molecule has 0 heterocycles. The second-order valence-corrected chi connectivity index (χ2v) is 13.8. The molecule has 0 saturated heterocycles. The summed E-state index contributed by atoms with van der Waals surface area (Å²) in [5.41, 5.74) is 1.39. The number of carbonyl (C=O) groups is 3. The number of hydrogen-bond acceptors (Lipinski definition) is 11. The zero-order valence-electron chi connectivity index (χ0n) is 27.1. The van der Waals surface area contributed by atoms with E-state index in [0.29, 0.717) is 25.0 Å². The standard InChI is InChI=1S/C31H51N2O11P/c1-6-20(4)31(39)44-27-16-23(33-41-19-28(36)32-13-14-45(40,42-7-2)43-8-3)15-22-10-9-21(5)26(30(22)27)12-11-24(34)17-25(35)18-29(37)38/h9-10,15,20-21,24-27,30,34-35H,6-8,11-14,16-19H2,1-5H3,(H,32,36)(H,37,38)/b33-23-/t20-,21-,24+,25+,26-,27-,30?/m0/s1. The molecule has 0 bridgehead atoms. The minimum absolute atomic E-state index is 0.000143. The van der Waals surface area contributed by atoms with Crippen LogP contribution in [0.4, 0.5) is 0 Å². The summed E-state index contributed by atoms with van der Waals surface area (Å²) in [6.07, 6.45) is 4.66. The SMILES string of the molecule is CCOP(=O)(CCNC(=O)CO/N=C1/C=C2C=C[C@H](C)[C@H](CC[C@@H](O)C[C@@H](O)CC(=O)O)C2[C@@H](OC(=O)[C@@H](C)CC)C1)OCC. The Morgan fingerprint density at radius 3 is 2.44 bits per heavy atom. The van der Waals surface area contributed by atoms with Crippen LogP contribution in [0.3, 0.4) is 0 Å². The molecule has 0 radical (unpaired) electrons. The molecule has 256 valence electrons. The third-order valence-corrected chi connectivity index (χ3v) is 10.1. The van der Waals surface area contributed by atoms with Gasteiger partial charge in [0.25, 0.3) is 5.91 Å². The number of aliphatic hydroxyl groups is 2. The number of esters is 1.